The molecule has 1 N–H and O–H groups in total. The summed E-state index contributed by atoms with van der Waals surface area (Å²) in [7, 11) is 0. The van der Waals surface area contributed by atoms with E-state index in [-0.39, 0.29) is 12.4 Å². The predicted octanol–water partition coefficient (Wildman–Crippen LogP) is 4.09. The molecule has 1 unspecified atom stereocenters. The van der Waals surface area contributed by atoms with Gasteiger partial charge in [0.15, 0.2) is 11.5 Å². The second kappa shape index (κ2) is 6.16. The first-order valence-electron chi connectivity index (χ1n) is 6.69. The van der Waals surface area contributed by atoms with Crippen molar-refractivity contribution in [2.75, 3.05) is 13.3 Å². The minimum atomic E-state index is 0. The minimum Gasteiger partial charge on any atom is -0.454 e. The topological polar surface area (TPSA) is 30.5 Å². The van der Waals surface area contributed by atoms with Gasteiger partial charge in [0.1, 0.15) is 0 Å². The van der Waals surface area contributed by atoms with Gasteiger partial charge in [0, 0.05) is 17.3 Å². The van der Waals surface area contributed by atoms with E-state index < -0.39 is 0 Å². The molecule has 3 nitrogen and oxygen atoms in total. The maximum atomic E-state index is 5.51. The van der Waals surface area contributed by atoms with Gasteiger partial charge in [0.25, 0.3) is 0 Å². The van der Waals surface area contributed by atoms with Gasteiger partial charge in [-0.25, -0.2) is 0 Å². The molecule has 0 radical (unpaired) electrons. The average Bonchev–Trinajstić information content (AvgIpc) is 3.05. The van der Waals surface area contributed by atoms with Crippen molar-refractivity contribution in [2.24, 2.45) is 0 Å². The molecular weight excluding hydrogens is 374 g/mol. The molecule has 0 amide bonds. The monoisotopic (exact) mass is 387 g/mol. The van der Waals surface area contributed by atoms with E-state index in [0.717, 1.165) is 30.9 Å². The zero-order valence-electron chi connectivity index (χ0n) is 11.2. The first-order chi connectivity index (χ1) is 9.79. The Kier molecular flexibility index (Phi) is 4.45. The quantitative estimate of drug-likeness (QED) is 0.840. The Morgan fingerprint density at radius 3 is 2.81 bits per heavy atom. The highest BCUT2D eigenvalue weighted by Crippen LogP contribution is 2.39. The number of fused-ring (bicyclic) bond motifs is 2. The Morgan fingerprint density at radius 2 is 2.05 bits per heavy atom. The van der Waals surface area contributed by atoms with Crippen molar-refractivity contribution in [1.29, 1.82) is 0 Å². The summed E-state index contributed by atoms with van der Waals surface area (Å²) >= 11 is 5.33. The molecule has 0 fully saturated rings. The normalized spacial score (nSPS) is 19.0. The lowest BCUT2D eigenvalue weighted by Gasteiger charge is -2.27. The molecule has 1 aromatic heterocycles. The van der Waals surface area contributed by atoms with Gasteiger partial charge in [-0.1, -0.05) is 0 Å². The van der Waals surface area contributed by atoms with E-state index in [1.807, 2.05) is 0 Å². The molecule has 0 saturated carbocycles. The largest absolute Gasteiger partial charge is 0.454 e. The lowest BCUT2D eigenvalue weighted by molar-refractivity contribution is 0.174. The molecule has 1 atom stereocenters. The van der Waals surface area contributed by atoms with Gasteiger partial charge < -0.3 is 14.8 Å². The minimum absolute atomic E-state index is 0. The van der Waals surface area contributed by atoms with Crippen molar-refractivity contribution in [2.45, 2.75) is 18.9 Å². The first kappa shape index (κ1) is 15.2. The van der Waals surface area contributed by atoms with Crippen LogP contribution in [0.15, 0.2) is 28.1 Å². The summed E-state index contributed by atoms with van der Waals surface area (Å²) in [6.45, 7) is 1.36. The molecule has 0 saturated heterocycles. The molecule has 4 rings (SSSR count). The van der Waals surface area contributed by atoms with Gasteiger partial charge >= 0.3 is 0 Å². The average molecular weight is 389 g/mol. The Hall–Kier alpha value is -0.750. The summed E-state index contributed by atoms with van der Waals surface area (Å²) in [4.78, 5) is 1.39. The Balaban J connectivity index is 0.00000132. The van der Waals surface area contributed by atoms with Crippen LogP contribution in [0.5, 0.6) is 11.5 Å². The van der Waals surface area contributed by atoms with Crippen molar-refractivity contribution in [3.05, 3.63) is 44.1 Å². The van der Waals surface area contributed by atoms with Crippen LogP contribution in [0, 0.1) is 0 Å². The van der Waals surface area contributed by atoms with E-state index in [9.17, 15) is 0 Å². The van der Waals surface area contributed by atoms with Gasteiger partial charge in [-0.2, -0.15) is 0 Å². The number of nitrogens with one attached hydrogen (secondary N) is 1. The highest BCUT2D eigenvalue weighted by Gasteiger charge is 2.25. The van der Waals surface area contributed by atoms with Crippen LogP contribution in [-0.2, 0) is 12.8 Å². The fourth-order valence-corrected chi connectivity index (χ4v) is 4.41. The lowest BCUT2D eigenvalue weighted by atomic mass is 9.91. The zero-order valence-corrected chi connectivity index (χ0v) is 14.4. The third-order valence-corrected chi connectivity index (χ3v) is 5.48. The molecule has 0 bridgehead atoms. The van der Waals surface area contributed by atoms with Gasteiger partial charge in [-0.3, -0.25) is 0 Å². The fraction of sp³-hybridized carbons (Fsp3) is 0.333. The van der Waals surface area contributed by atoms with Crippen LogP contribution in [0.25, 0.3) is 0 Å². The molecule has 0 aliphatic carbocycles. The number of benzene rings is 1. The molecule has 1 aromatic carbocycles. The summed E-state index contributed by atoms with van der Waals surface area (Å²) in [6, 6.07) is 8.97. The molecule has 0 spiro atoms. The van der Waals surface area contributed by atoms with E-state index in [1.54, 1.807) is 11.3 Å². The Morgan fingerprint density at radius 1 is 1.24 bits per heavy atom. The van der Waals surface area contributed by atoms with E-state index in [4.69, 9.17) is 9.47 Å². The number of halogens is 2. The SMILES string of the molecule is Brc1ccc(CC2NCCc3cc4c(cc32)OCO4)s1.Cl. The Bertz CT molecular complexity index is 661. The molecule has 2 aliphatic heterocycles. The van der Waals surface area contributed by atoms with Gasteiger partial charge in [-0.05, 0) is 64.3 Å². The lowest BCUT2D eigenvalue weighted by Crippen LogP contribution is -2.31. The van der Waals surface area contributed by atoms with Gasteiger partial charge in [0.2, 0.25) is 6.79 Å². The summed E-state index contributed by atoms with van der Waals surface area (Å²) in [5.41, 5.74) is 2.73. The van der Waals surface area contributed by atoms with Crippen LogP contribution in [-0.4, -0.2) is 13.3 Å². The molecular formula is C15H15BrClNO2S. The van der Waals surface area contributed by atoms with E-state index in [2.05, 4.69) is 45.5 Å². The fourth-order valence-electron chi connectivity index (χ4n) is 2.88. The first-order valence-corrected chi connectivity index (χ1v) is 8.30. The van der Waals surface area contributed by atoms with Crippen molar-refractivity contribution in [1.82, 2.24) is 5.32 Å². The molecule has 2 aromatic rings. The van der Waals surface area contributed by atoms with Crippen LogP contribution in [0.3, 0.4) is 0 Å². The second-order valence-corrected chi connectivity index (χ2v) is 7.62. The number of rotatable bonds is 2. The standard InChI is InChI=1S/C15H14BrNO2S.ClH/c16-15-2-1-10(20-15)6-12-11-7-14-13(18-8-19-14)5-9(11)3-4-17-12;/h1-2,5,7,12,17H,3-4,6,8H2;1H. The molecule has 6 heteroatoms. The van der Waals surface area contributed by atoms with E-state index in [1.165, 1.54) is 19.8 Å². The Labute approximate surface area is 142 Å². The maximum absolute atomic E-state index is 5.51. The van der Waals surface area contributed by atoms with Crippen molar-refractivity contribution in [3.63, 3.8) is 0 Å². The van der Waals surface area contributed by atoms with E-state index in [0.29, 0.717) is 12.8 Å². The molecule has 21 heavy (non-hydrogen) atoms. The number of hydrogen-bond acceptors (Lipinski definition) is 4. The van der Waals surface area contributed by atoms with Gasteiger partial charge in [-0.15, -0.1) is 23.7 Å². The van der Waals surface area contributed by atoms with Crippen LogP contribution in [0.2, 0.25) is 0 Å². The molecule has 112 valence electrons. The molecule has 3 heterocycles. The van der Waals surface area contributed by atoms with Crippen LogP contribution in [0.4, 0.5) is 0 Å². The third kappa shape index (κ3) is 2.93. The smallest absolute Gasteiger partial charge is 0.231 e. The third-order valence-electron chi connectivity index (χ3n) is 3.83. The highest BCUT2D eigenvalue weighted by molar-refractivity contribution is 9.11. The highest BCUT2D eigenvalue weighted by atomic mass is 79.9. The van der Waals surface area contributed by atoms with Crippen LogP contribution < -0.4 is 14.8 Å². The van der Waals surface area contributed by atoms with Crippen LogP contribution in [0.1, 0.15) is 22.0 Å². The number of hydrogen-bond donors (Lipinski definition) is 1. The number of ether oxygens (including phenoxy) is 2. The van der Waals surface area contributed by atoms with Crippen molar-refractivity contribution in [3.8, 4) is 11.5 Å². The van der Waals surface area contributed by atoms with Crippen molar-refractivity contribution >= 4 is 39.7 Å². The predicted molar refractivity (Wildman–Crippen MR) is 90.0 cm³/mol. The summed E-state index contributed by atoms with van der Waals surface area (Å²) in [5.74, 6) is 1.77. The summed E-state index contributed by atoms with van der Waals surface area (Å²) < 4.78 is 12.2. The number of thiophene rings is 1. The van der Waals surface area contributed by atoms with Crippen molar-refractivity contribution < 1.29 is 9.47 Å². The maximum Gasteiger partial charge on any atom is 0.231 e. The second-order valence-electron chi connectivity index (χ2n) is 5.07. The van der Waals surface area contributed by atoms with Crippen LogP contribution >= 0.6 is 39.7 Å². The zero-order chi connectivity index (χ0) is 13.5. The summed E-state index contributed by atoms with van der Waals surface area (Å²) in [6.07, 6.45) is 2.07. The van der Waals surface area contributed by atoms with E-state index >= 15 is 0 Å². The summed E-state index contributed by atoms with van der Waals surface area (Å²) in [5, 5.41) is 3.62. The molecule has 2 aliphatic rings. The van der Waals surface area contributed by atoms with Gasteiger partial charge in [0.05, 0.1) is 3.79 Å².